The molecule has 0 heterocycles. The molecule has 7 nitrogen and oxygen atoms in total. The molecule has 0 fully saturated rings. The van der Waals surface area contributed by atoms with Gasteiger partial charge >= 0.3 is 0 Å². The van der Waals surface area contributed by atoms with Crippen molar-refractivity contribution < 1.29 is 22.4 Å². The van der Waals surface area contributed by atoms with E-state index >= 15 is 0 Å². The monoisotopic (exact) mass is 477 g/mol. The van der Waals surface area contributed by atoms with Crippen molar-refractivity contribution >= 4 is 27.5 Å². The van der Waals surface area contributed by atoms with Crippen molar-refractivity contribution in [2.24, 2.45) is 5.92 Å². The second-order valence-corrected chi connectivity index (χ2v) is 10.4. The predicted molar refractivity (Wildman–Crippen MR) is 128 cm³/mol. The van der Waals surface area contributed by atoms with Crippen molar-refractivity contribution in [1.82, 2.24) is 10.2 Å². The van der Waals surface area contributed by atoms with Crippen molar-refractivity contribution in [3.63, 3.8) is 0 Å². The summed E-state index contributed by atoms with van der Waals surface area (Å²) in [4.78, 5) is 27.5. The smallest absolute Gasteiger partial charge is 0.244 e. The maximum Gasteiger partial charge on any atom is 0.244 e. The lowest BCUT2D eigenvalue weighted by Crippen LogP contribution is -2.51. The van der Waals surface area contributed by atoms with Gasteiger partial charge in [0.2, 0.25) is 21.8 Å². The zero-order valence-corrected chi connectivity index (χ0v) is 20.5. The molecular weight excluding hydrogens is 445 g/mol. The number of sulfonamides is 1. The number of rotatable bonds is 10. The van der Waals surface area contributed by atoms with E-state index in [1.165, 1.54) is 23.1 Å². The Hall–Kier alpha value is -2.94. The molecule has 0 aliphatic heterocycles. The van der Waals surface area contributed by atoms with Crippen LogP contribution in [0.3, 0.4) is 0 Å². The van der Waals surface area contributed by atoms with Crippen LogP contribution in [0, 0.1) is 18.7 Å². The summed E-state index contributed by atoms with van der Waals surface area (Å²) in [5.41, 5.74) is 1.53. The molecule has 2 amide bonds. The van der Waals surface area contributed by atoms with Crippen LogP contribution < -0.4 is 9.62 Å². The molecule has 2 rings (SSSR count). The first-order valence-electron chi connectivity index (χ1n) is 10.8. The maximum atomic E-state index is 14.4. The zero-order valence-electron chi connectivity index (χ0n) is 19.7. The number of carbonyl (C=O) groups excluding carboxylic acids is 2. The molecule has 9 heteroatoms. The Balaban J connectivity index is 2.39. The normalized spacial score (nSPS) is 12.3. The molecule has 0 aliphatic rings. The Labute approximate surface area is 195 Å². The lowest BCUT2D eigenvalue weighted by atomic mass is 10.1. The van der Waals surface area contributed by atoms with Gasteiger partial charge in [0.1, 0.15) is 18.4 Å². The minimum atomic E-state index is -3.97. The molecular formula is C24H32FN3O4S. The third-order valence-corrected chi connectivity index (χ3v) is 6.38. The molecule has 1 N–H and O–H groups in total. The van der Waals surface area contributed by atoms with E-state index in [0.717, 1.165) is 27.8 Å². The Bertz CT molecular complexity index is 1090. The molecule has 0 aromatic heterocycles. The lowest BCUT2D eigenvalue weighted by molar-refractivity contribution is -0.139. The SMILES string of the molecule is Cc1ccccc1CN(C(=O)CN(c1ccccc1F)S(C)(=O)=O)[C@H](C)C(=O)NCC(C)C. The number of halogens is 1. The topological polar surface area (TPSA) is 86.8 Å². The third kappa shape index (κ3) is 7.28. The molecule has 0 aliphatic carbocycles. The molecule has 0 saturated carbocycles. The van der Waals surface area contributed by atoms with Gasteiger partial charge in [-0.2, -0.15) is 0 Å². The summed E-state index contributed by atoms with van der Waals surface area (Å²) in [6.07, 6.45) is 0.914. The number of nitrogens with zero attached hydrogens (tertiary/aromatic N) is 2. The average molecular weight is 478 g/mol. The minimum Gasteiger partial charge on any atom is -0.354 e. The molecule has 2 aromatic carbocycles. The van der Waals surface area contributed by atoms with Gasteiger partial charge in [-0.25, -0.2) is 12.8 Å². The standard InChI is InChI=1S/C24H32FN3O4S/c1-17(2)14-26-24(30)19(4)27(15-20-11-7-6-10-18(20)3)23(29)16-28(33(5,31)32)22-13-9-8-12-21(22)25/h6-13,17,19H,14-16H2,1-5H3,(H,26,30)/t19-/m1/s1. The highest BCUT2D eigenvalue weighted by molar-refractivity contribution is 7.92. The summed E-state index contributed by atoms with van der Waals surface area (Å²) in [5, 5.41) is 2.82. The number of anilines is 1. The number of hydrogen-bond donors (Lipinski definition) is 1. The quantitative estimate of drug-likeness (QED) is 0.570. The van der Waals surface area contributed by atoms with E-state index in [2.05, 4.69) is 5.32 Å². The van der Waals surface area contributed by atoms with Crippen LogP contribution in [0.2, 0.25) is 0 Å². The van der Waals surface area contributed by atoms with Crippen LogP contribution in [0.15, 0.2) is 48.5 Å². The number of para-hydroxylation sites is 1. The van der Waals surface area contributed by atoms with Gasteiger partial charge in [-0.15, -0.1) is 0 Å². The summed E-state index contributed by atoms with van der Waals surface area (Å²) >= 11 is 0. The van der Waals surface area contributed by atoms with E-state index in [1.54, 1.807) is 6.92 Å². The van der Waals surface area contributed by atoms with Gasteiger partial charge in [0.25, 0.3) is 0 Å². The molecule has 0 bridgehead atoms. The summed E-state index contributed by atoms with van der Waals surface area (Å²) in [6.45, 7) is 7.33. The van der Waals surface area contributed by atoms with Gasteiger partial charge in [0.05, 0.1) is 11.9 Å². The molecule has 0 spiro atoms. The fourth-order valence-corrected chi connectivity index (χ4v) is 4.11. The van der Waals surface area contributed by atoms with Crippen LogP contribution in [0.5, 0.6) is 0 Å². The Morgan fingerprint density at radius 2 is 1.64 bits per heavy atom. The average Bonchev–Trinajstić information content (AvgIpc) is 2.74. The van der Waals surface area contributed by atoms with Gasteiger partial charge in [0, 0.05) is 13.1 Å². The van der Waals surface area contributed by atoms with Crippen molar-refractivity contribution in [2.45, 2.75) is 40.3 Å². The van der Waals surface area contributed by atoms with Crippen molar-refractivity contribution in [2.75, 3.05) is 23.7 Å². The number of aryl methyl sites for hydroxylation is 1. The Kier molecular flexibility index (Phi) is 8.99. The number of carbonyl (C=O) groups is 2. The first-order valence-corrected chi connectivity index (χ1v) is 12.6. The van der Waals surface area contributed by atoms with Crippen LogP contribution >= 0.6 is 0 Å². The van der Waals surface area contributed by atoms with Crippen molar-refractivity contribution in [1.29, 1.82) is 0 Å². The highest BCUT2D eigenvalue weighted by atomic mass is 32.2. The number of benzene rings is 2. The summed E-state index contributed by atoms with van der Waals surface area (Å²) in [6, 6.07) is 11.9. The second-order valence-electron chi connectivity index (χ2n) is 8.48. The van der Waals surface area contributed by atoms with E-state index < -0.39 is 34.3 Å². The molecule has 180 valence electrons. The number of nitrogens with one attached hydrogen (secondary N) is 1. The highest BCUT2D eigenvalue weighted by Gasteiger charge is 2.31. The van der Waals surface area contributed by atoms with Crippen LogP contribution in [-0.2, 0) is 26.2 Å². The first-order chi connectivity index (χ1) is 15.4. The van der Waals surface area contributed by atoms with Crippen LogP contribution in [0.4, 0.5) is 10.1 Å². The largest absolute Gasteiger partial charge is 0.354 e. The van der Waals surface area contributed by atoms with E-state index in [0.29, 0.717) is 6.54 Å². The zero-order chi connectivity index (χ0) is 24.8. The maximum absolute atomic E-state index is 14.4. The fourth-order valence-electron chi connectivity index (χ4n) is 3.25. The summed E-state index contributed by atoms with van der Waals surface area (Å²) in [5.74, 6) is -1.49. The predicted octanol–water partition coefficient (Wildman–Crippen LogP) is 3.09. The van der Waals surface area contributed by atoms with Gasteiger partial charge in [-0.3, -0.25) is 13.9 Å². The van der Waals surface area contributed by atoms with Gasteiger partial charge in [0.15, 0.2) is 0 Å². The van der Waals surface area contributed by atoms with E-state index in [-0.39, 0.29) is 24.1 Å². The van der Waals surface area contributed by atoms with Crippen LogP contribution in [0.25, 0.3) is 0 Å². The second kappa shape index (κ2) is 11.3. The number of hydrogen-bond acceptors (Lipinski definition) is 4. The molecule has 2 aromatic rings. The minimum absolute atomic E-state index is 0.108. The van der Waals surface area contributed by atoms with Gasteiger partial charge < -0.3 is 10.2 Å². The number of amides is 2. The van der Waals surface area contributed by atoms with Gasteiger partial charge in [-0.1, -0.05) is 50.2 Å². The first kappa shape index (κ1) is 26.3. The summed E-state index contributed by atoms with van der Waals surface area (Å²) in [7, 11) is -3.97. The molecule has 0 unspecified atom stereocenters. The van der Waals surface area contributed by atoms with Crippen molar-refractivity contribution in [3.8, 4) is 0 Å². The fraction of sp³-hybridized carbons (Fsp3) is 0.417. The van der Waals surface area contributed by atoms with E-state index in [1.807, 2.05) is 45.0 Å². The van der Waals surface area contributed by atoms with Crippen LogP contribution in [0.1, 0.15) is 31.9 Å². The highest BCUT2D eigenvalue weighted by Crippen LogP contribution is 2.22. The molecule has 1 atom stereocenters. The van der Waals surface area contributed by atoms with E-state index in [4.69, 9.17) is 0 Å². The van der Waals surface area contributed by atoms with E-state index in [9.17, 15) is 22.4 Å². The molecule has 33 heavy (non-hydrogen) atoms. The van der Waals surface area contributed by atoms with Crippen LogP contribution in [-0.4, -0.2) is 50.5 Å². The Morgan fingerprint density at radius 1 is 1.03 bits per heavy atom. The Morgan fingerprint density at radius 3 is 2.21 bits per heavy atom. The third-order valence-electron chi connectivity index (χ3n) is 5.25. The van der Waals surface area contributed by atoms with Gasteiger partial charge in [-0.05, 0) is 43.0 Å². The lowest BCUT2D eigenvalue weighted by Gasteiger charge is -2.32. The summed E-state index contributed by atoms with van der Waals surface area (Å²) < 4.78 is 40.0. The molecule has 0 saturated heterocycles. The van der Waals surface area contributed by atoms with Crippen molar-refractivity contribution in [3.05, 3.63) is 65.5 Å². The molecule has 0 radical (unpaired) electrons.